The molecule has 1 N–H and O–H groups in total. The molecule has 0 spiro atoms. The van der Waals surface area contributed by atoms with Crippen molar-refractivity contribution >= 4 is 23.4 Å². The van der Waals surface area contributed by atoms with Gasteiger partial charge in [0.05, 0.1) is 0 Å². The second-order valence-corrected chi connectivity index (χ2v) is 8.02. The Hall–Kier alpha value is -0.220. The van der Waals surface area contributed by atoms with E-state index in [0.717, 1.165) is 5.02 Å². The van der Waals surface area contributed by atoms with Crippen LogP contribution in [-0.4, -0.2) is 35.8 Å². The van der Waals surface area contributed by atoms with Crippen LogP contribution in [0.1, 0.15) is 44.7 Å². The monoisotopic (exact) mass is 324 g/mol. The first-order chi connectivity index (χ1) is 10.1. The Kier molecular flexibility index (Phi) is 5.15. The standard InChI is InChI=1S/C17H25ClN2S/c1-12(2)20-8-5-14(6-9-20)19-16-7-10-21-17-4-3-13(18)11-15(16)17/h3-4,11-12,14,16,19H,5-10H2,1-2H3. The molecular weight excluding hydrogens is 300 g/mol. The molecule has 0 amide bonds. The minimum Gasteiger partial charge on any atom is -0.307 e. The molecular formula is C17H25ClN2S. The number of hydrogen-bond acceptors (Lipinski definition) is 3. The fourth-order valence-electron chi connectivity index (χ4n) is 3.41. The van der Waals surface area contributed by atoms with Gasteiger partial charge in [0.1, 0.15) is 0 Å². The number of nitrogens with zero attached hydrogens (tertiary/aromatic N) is 1. The summed E-state index contributed by atoms with van der Waals surface area (Å²) in [5, 5.41) is 4.76. The van der Waals surface area contributed by atoms with E-state index in [1.54, 1.807) is 0 Å². The van der Waals surface area contributed by atoms with E-state index in [9.17, 15) is 0 Å². The number of likely N-dealkylation sites (tertiary alicyclic amines) is 1. The van der Waals surface area contributed by atoms with E-state index in [0.29, 0.717) is 18.1 Å². The molecule has 2 aliphatic rings. The highest BCUT2D eigenvalue weighted by Crippen LogP contribution is 2.38. The lowest BCUT2D eigenvalue weighted by molar-refractivity contribution is 0.155. The molecule has 0 saturated carbocycles. The number of nitrogens with one attached hydrogen (secondary N) is 1. The first-order valence-electron chi connectivity index (χ1n) is 8.06. The van der Waals surface area contributed by atoms with Crippen molar-refractivity contribution in [2.24, 2.45) is 0 Å². The van der Waals surface area contributed by atoms with Gasteiger partial charge in [-0.15, -0.1) is 11.8 Å². The van der Waals surface area contributed by atoms with Crippen LogP contribution in [0.25, 0.3) is 0 Å². The van der Waals surface area contributed by atoms with Gasteiger partial charge in [-0.3, -0.25) is 0 Å². The van der Waals surface area contributed by atoms with Gasteiger partial charge in [0.25, 0.3) is 0 Å². The summed E-state index contributed by atoms with van der Waals surface area (Å²) in [5.74, 6) is 1.21. The number of piperidine rings is 1. The Morgan fingerprint density at radius 2 is 2.00 bits per heavy atom. The predicted octanol–water partition coefficient (Wildman–Crippen LogP) is 4.34. The summed E-state index contributed by atoms with van der Waals surface area (Å²) in [7, 11) is 0. The van der Waals surface area contributed by atoms with E-state index in [1.807, 2.05) is 17.8 Å². The minimum atomic E-state index is 0.482. The highest BCUT2D eigenvalue weighted by Gasteiger charge is 2.26. The van der Waals surface area contributed by atoms with Gasteiger partial charge >= 0.3 is 0 Å². The van der Waals surface area contributed by atoms with Gasteiger partial charge in [-0.25, -0.2) is 0 Å². The zero-order chi connectivity index (χ0) is 14.8. The highest BCUT2D eigenvalue weighted by molar-refractivity contribution is 7.99. The topological polar surface area (TPSA) is 15.3 Å². The molecule has 0 aliphatic carbocycles. The third-order valence-corrected chi connectivity index (χ3v) is 6.07. The maximum Gasteiger partial charge on any atom is 0.0410 e. The van der Waals surface area contributed by atoms with Crippen molar-refractivity contribution in [3.8, 4) is 0 Å². The summed E-state index contributed by atoms with van der Waals surface area (Å²) in [5.41, 5.74) is 1.41. The molecule has 1 atom stereocenters. The lowest BCUT2D eigenvalue weighted by Crippen LogP contribution is -2.46. The third-order valence-electron chi connectivity index (χ3n) is 4.71. The largest absolute Gasteiger partial charge is 0.307 e. The fraction of sp³-hybridized carbons (Fsp3) is 0.647. The normalized spacial score (nSPS) is 24.3. The first kappa shape index (κ1) is 15.7. The Labute approximate surface area is 137 Å². The summed E-state index contributed by atoms with van der Waals surface area (Å²) < 4.78 is 0. The zero-order valence-electron chi connectivity index (χ0n) is 12.9. The van der Waals surface area contributed by atoms with Crippen LogP contribution in [0.3, 0.4) is 0 Å². The average molecular weight is 325 g/mol. The van der Waals surface area contributed by atoms with Crippen LogP contribution in [0.5, 0.6) is 0 Å². The molecule has 21 heavy (non-hydrogen) atoms. The van der Waals surface area contributed by atoms with Crippen molar-refractivity contribution in [2.45, 2.75) is 56.1 Å². The molecule has 1 aromatic carbocycles. The number of halogens is 1. The lowest BCUT2D eigenvalue weighted by atomic mass is 9.98. The van der Waals surface area contributed by atoms with Crippen LogP contribution in [0, 0.1) is 0 Å². The van der Waals surface area contributed by atoms with Crippen molar-refractivity contribution in [2.75, 3.05) is 18.8 Å². The van der Waals surface area contributed by atoms with Gasteiger partial charge in [0, 0.05) is 28.0 Å². The Balaban J connectivity index is 1.63. The van der Waals surface area contributed by atoms with E-state index >= 15 is 0 Å². The summed E-state index contributed by atoms with van der Waals surface area (Å²) >= 11 is 8.16. The first-order valence-corrected chi connectivity index (χ1v) is 9.42. The molecule has 3 rings (SSSR count). The van der Waals surface area contributed by atoms with Crippen LogP contribution in [-0.2, 0) is 0 Å². The average Bonchev–Trinajstić information content (AvgIpc) is 2.48. The van der Waals surface area contributed by atoms with Crippen molar-refractivity contribution in [1.29, 1.82) is 0 Å². The van der Waals surface area contributed by atoms with Gasteiger partial charge in [0.2, 0.25) is 0 Å². The van der Waals surface area contributed by atoms with E-state index in [-0.39, 0.29) is 0 Å². The lowest BCUT2D eigenvalue weighted by Gasteiger charge is -2.37. The molecule has 2 heterocycles. The molecule has 1 aromatic rings. The maximum absolute atomic E-state index is 6.19. The summed E-state index contributed by atoms with van der Waals surface area (Å²) in [6, 6.07) is 8.16. The van der Waals surface area contributed by atoms with E-state index < -0.39 is 0 Å². The second kappa shape index (κ2) is 6.91. The molecule has 0 aromatic heterocycles. The maximum atomic E-state index is 6.19. The van der Waals surface area contributed by atoms with Crippen LogP contribution < -0.4 is 5.32 Å². The molecule has 2 aliphatic heterocycles. The molecule has 116 valence electrons. The van der Waals surface area contributed by atoms with Crippen molar-refractivity contribution < 1.29 is 0 Å². The Morgan fingerprint density at radius 3 is 2.71 bits per heavy atom. The van der Waals surface area contributed by atoms with Gasteiger partial charge in [-0.05, 0) is 75.7 Å². The quantitative estimate of drug-likeness (QED) is 0.890. The number of fused-ring (bicyclic) bond motifs is 1. The van der Waals surface area contributed by atoms with Crippen LogP contribution in [0.4, 0.5) is 0 Å². The molecule has 0 radical (unpaired) electrons. The number of rotatable bonds is 3. The van der Waals surface area contributed by atoms with Gasteiger partial charge in [0.15, 0.2) is 0 Å². The van der Waals surface area contributed by atoms with Gasteiger partial charge < -0.3 is 10.2 Å². The van der Waals surface area contributed by atoms with Crippen LogP contribution >= 0.6 is 23.4 Å². The van der Waals surface area contributed by atoms with Crippen molar-refractivity contribution in [1.82, 2.24) is 10.2 Å². The highest BCUT2D eigenvalue weighted by atomic mass is 35.5. The van der Waals surface area contributed by atoms with Crippen LogP contribution in [0.15, 0.2) is 23.1 Å². The Morgan fingerprint density at radius 1 is 1.24 bits per heavy atom. The number of hydrogen-bond donors (Lipinski definition) is 1. The third kappa shape index (κ3) is 3.76. The van der Waals surface area contributed by atoms with E-state index in [4.69, 9.17) is 11.6 Å². The Bertz CT molecular complexity index is 484. The minimum absolute atomic E-state index is 0.482. The predicted molar refractivity (Wildman–Crippen MR) is 92.4 cm³/mol. The number of thioether (sulfide) groups is 1. The molecule has 4 heteroatoms. The van der Waals surface area contributed by atoms with Crippen molar-refractivity contribution in [3.05, 3.63) is 28.8 Å². The molecule has 1 fully saturated rings. The van der Waals surface area contributed by atoms with Crippen molar-refractivity contribution in [3.63, 3.8) is 0 Å². The SMILES string of the molecule is CC(C)N1CCC(NC2CCSc3ccc(Cl)cc32)CC1. The van der Waals surface area contributed by atoms with E-state index in [2.05, 4.69) is 36.2 Å². The smallest absolute Gasteiger partial charge is 0.0410 e. The fourth-order valence-corrected chi connectivity index (χ4v) is 4.69. The molecule has 1 unspecified atom stereocenters. The number of benzene rings is 1. The zero-order valence-corrected chi connectivity index (χ0v) is 14.5. The summed E-state index contributed by atoms with van der Waals surface area (Å²) in [6.07, 6.45) is 3.73. The molecule has 1 saturated heterocycles. The van der Waals surface area contributed by atoms with Gasteiger partial charge in [-0.1, -0.05) is 11.6 Å². The molecule has 0 bridgehead atoms. The molecule has 2 nitrogen and oxygen atoms in total. The summed E-state index contributed by atoms with van der Waals surface area (Å²) in [4.78, 5) is 3.99. The summed E-state index contributed by atoms with van der Waals surface area (Å²) in [6.45, 7) is 7.03. The van der Waals surface area contributed by atoms with Gasteiger partial charge in [-0.2, -0.15) is 0 Å². The van der Waals surface area contributed by atoms with Crippen LogP contribution in [0.2, 0.25) is 5.02 Å². The second-order valence-electron chi connectivity index (χ2n) is 6.44. The van der Waals surface area contributed by atoms with E-state index in [1.165, 1.54) is 48.6 Å².